The molecular weight excluding hydrogens is 357 g/mol. The number of carbonyl (C=O) groups excluding carboxylic acids is 1. The molecule has 0 aliphatic rings. The van der Waals surface area contributed by atoms with Crippen LogP contribution in [0.5, 0.6) is 0 Å². The Bertz CT molecular complexity index is 1030. The van der Waals surface area contributed by atoms with Crippen LogP contribution in [0.25, 0.3) is 10.9 Å². The highest BCUT2D eigenvalue weighted by Crippen LogP contribution is 2.18. The summed E-state index contributed by atoms with van der Waals surface area (Å²) in [6, 6.07) is 10.6. The van der Waals surface area contributed by atoms with Gasteiger partial charge < -0.3 is 9.88 Å². The number of nitrogens with one attached hydrogen (secondary N) is 1. The van der Waals surface area contributed by atoms with Crippen LogP contribution < -0.4 is 5.56 Å². The van der Waals surface area contributed by atoms with Crippen LogP contribution in [-0.4, -0.2) is 26.8 Å². The summed E-state index contributed by atoms with van der Waals surface area (Å²) in [7, 11) is 0. The Morgan fingerprint density at radius 3 is 2.69 bits per heavy atom. The second-order valence-corrected chi connectivity index (χ2v) is 6.62. The lowest BCUT2D eigenvalue weighted by Crippen LogP contribution is -2.37. The van der Waals surface area contributed by atoms with Gasteiger partial charge in [0.05, 0.1) is 23.0 Å². The van der Waals surface area contributed by atoms with E-state index in [-0.39, 0.29) is 28.7 Å². The minimum absolute atomic E-state index is 0.0542. The number of benzene rings is 2. The number of aromatic nitrogens is 2. The summed E-state index contributed by atoms with van der Waals surface area (Å²) < 4.78 is 14.1. The molecule has 26 heavy (non-hydrogen) atoms. The molecule has 1 N–H and O–H groups in total. The van der Waals surface area contributed by atoms with Gasteiger partial charge in [0.15, 0.2) is 0 Å². The molecule has 3 aromatic rings. The van der Waals surface area contributed by atoms with E-state index in [0.29, 0.717) is 16.7 Å². The zero-order valence-corrected chi connectivity index (χ0v) is 15.0. The summed E-state index contributed by atoms with van der Waals surface area (Å²) in [6.07, 6.45) is 0. The molecule has 0 aliphatic carbocycles. The first kappa shape index (κ1) is 18.1. The number of aromatic amines is 1. The number of amides is 1. The van der Waals surface area contributed by atoms with Gasteiger partial charge in [-0.15, -0.1) is 0 Å². The first-order chi connectivity index (χ1) is 12.4. The number of para-hydroxylation sites is 1. The summed E-state index contributed by atoms with van der Waals surface area (Å²) in [5.74, 6) is -0.844. The number of hydrogen-bond acceptors (Lipinski definition) is 3. The fraction of sp³-hybridized carbons (Fsp3) is 0.211. The molecule has 0 fully saturated rings. The van der Waals surface area contributed by atoms with Crippen molar-refractivity contribution in [3.63, 3.8) is 0 Å². The van der Waals surface area contributed by atoms with Crippen molar-refractivity contribution in [2.24, 2.45) is 0 Å². The fourth-order valence-corrected chi connectivity index (χ4v) is 2.84. The van der Waals surface area contributed by atoms with Crippen LogP contribution in [0.15, 0.2) is 47.3 Å². The molecule has 0 spiro atoms. The van der Waals surface area contributed by atoms with Gasteiger partial charge >= 0.3 is 0 Å². The standard InChI is InChI=1S/C19H17ClFN3O2/c1-11(2)24(19(26)13-8-7-12(20)9-15(13)21)10-17-22-16-6-4-3-5-14(16)18(25)23-17/h3-9,11H,10H2,1-2H3,(H,22,23,25). The number of rotatable bonds is 4. The lowest BCUT2D eigenvalue weighted by atomic mass is 10.1. The van der Waals surface area contributed by atoms with Crippen LogP contribution in [0.1, 0.15) is 30.0 Å². The van der Waals surface area contributed by atoms with Gasteiger partial charge in [-0.1, -0.05) is 23.7 Å². The van der Waals surface area contributed by atoms with Crippen molar-refractivity contribution in [2.45, 2.75) is 26.4 Å². The molecule has 0 aliphatic heterocycles. The van der Waals surface area contributed by atoms with Gasteiger partial charge in [-0.3, -0.25) is 9.59 Å². The summed E-state index contributed by atoms with van der Waals surface area (Å²) >= 11 is 5.75. The topological polar surface area (TPSA) is 66.1 Å². The first-order valence-corrected chi connectivity index (χ1v) is 8.48. The number of carbonyl (C=O) groups is 1. The highest BCUT2D eigenvalue weighted by Gasteiger charge is 2.23. The SMILES string of the molecule is CC(C)N(Cc1nc2ccccc2c(=O)[nH]1)C(=O)c1ccc(Cl)cc1F. The van der Waals surface area contributed by atoms with Crippen molar-refractivity contribution >= 4 is 28.4 Å². The molecule has 1 heterocycles. The highest BCUT2D eigenvalue weighted by molar-refractivity contribution is 6.30. The van der Waals surface area contributed by atoms with E-state index in [9.17, 15) is 14.0 Å². The summed E-state index contributed by atoms with van der Waals surface area (Å²) in [5, 5.41) is 0.693. The summed E-state index contributed by atoms with van der Waals surface area (Å²) in [6.45, 7) is 3.67. The van der Waals surface area contributed by atoms with Crippen molar-refractivity contribution in [1.82, 2.24) is 14.9 Å². The van der Waals surface area contributed by atoms with Crippen molar-refractivity contribution in [2.75, 3.05) is 0 Å². The number of H-pyrrole nitrogens is 1. The maximum Gasteiger partial charge on any atom is 0.258 e. The average Bonchev–Trinajstić information content (AvgIpc) is 2.59. The molecule has 5 nitrogen and oxygen atoms in total. The maximum absolute atomic E-state index is 14.1. The fourth-order valence-electron chi connectivity index (χ4n) is 2.68. The minimum atomic E-state index is -0.687. The van der Waals surface area contributed by atoms with Gasteiger partial charge in [0.1, 0.15) is 11.6 Å². The quantitative estimate of drug-likeness (QED) is 0.757. The number of nitrogens with zero attached hydrogens (tertiary/aromatic N) is 2. The van der Waals surface area contributed by atoms with E-state index in [2.05, 4.69) is 9.97 Å². The first-order valence-electron chi connectivity index (χ1n) is 8.11. The third-order valence-electron chi connectivity index (χ3n) is 4.03. The third-order valence-corrected chi connectivity index (χ3v) is 4.26. The lowest BCUT2D eigenvalue weighted by Gasteiger charge is -2.26. The molecule has 0 bridgehead atoms. The minimum Gasteiger partial charge on any atom is -0.329 e. The van der Waals surface area contributed by atoms with Gasteiger partial charge in [0, 0.05) is 11.1 Å². The van der Waals surface area contributed by atoms with Crippen molar-refractivity contribution in [3.8, 4) is 0 Å². The van der Waals surface area contributed by atoms with E-state index in [0.717, 1.165) is 6.07 Å². The van der Waals surface area contributed by atoms with E-state index in [1.807, 2.05) is 13.8 Å². The van der Waals surface area contributed by atoms with E-state index in [1.165, 1.54) is 17.0 Å². The van der Waals surface area contributed by atoms with Crippen LogP contribution in [0.3, 0.4) is 0 Å². The zero-order valence-electron chi connectivity index (χ0n) is 14.3. The van der Waals surface area contributed by atoms with E-state index in [4.69, 9.17) is 11.6 Å². The Kier molecular flexibility index (Phi) is 5.04. The third kappa shape index (κ3) is 3.60. The lowest BCUT2D eigenvalue weighted by molar-refractivity contribution is 0.0680. The molecule has 134 valence electrons. The monoisotopic (exact) mass is 373 g/mol. The Hall–Kier alpha value is -2.73. The summed E-state index contributed by atoms with van der Waals surface area (Å²) in [5.41, 5.74) is 0.186. The van der Waals surface area contributed by atoms with Crippen LogP contribution in [0.4, 0.5) is 4.39 Å². The summed E-state index contributed by atoms with van der Waals surface area (Å²) in [4.78, 5) is 33.5. The Balaban J connectivity index is 1.96. The number of hydrogen-bond donors (Lipinski definition) is 1. The Morgan fingerprint density at radius 1 is 1.27 bits per heavy atom. The molecule has 1 aromatic heterocycles. The smallest absolute Gasteiger partial charge is 0.258 e. The number of halogens is 2. The van der Waals surface area contributed by atoms with Crippen molar-refractivity contribution < 1.29 is 9.18 Å². The predicted octanol–water partition coefficient (Wildman–Crippen LogP) is 3.77. The zero-order chi connectivity index (χ0) is 18.8. The van der Waals surface area contributed by atoms with Crippen LogP contribution >= 0.6 is 11.6 Å². The van der Waals surface area contributed by atoms with Crippen LogP contribution in [-0.2, 0) is 6.54 Å². The van der Waals surface area contributed by atoms with Gasteiger partial charge in [-0.2, -0.15) is 0 Å². The molecule has 3 rings (SSSR count). The average molecular weight is 374 g/mol. The molecule has 2 aromatic carbocycles. The van der Waals surface area contributed by atoms with Crippen molar-refractivity contribution in [1.29, 1.82) is 0 Å². The van der Waals surface area contributed by atoms with Gasteiger partial charge in [0.2, 0.25) is 0 Å². The number of fused-ring (bicyclic) bond motifs is 1. The van der Waals surface area contributed by atoms with Crippen LogP contribution in [0, 0.1) is 5.82 Å². The van der Waals surface area contributed by atoms with E-state index < -0.39 is 11.7 Å². The molecule has 0 saturated carbocycles. The highest BCUT2D eigenvalue weighted by atomic mass is 35.5. The Labute approximate surface area is 154 Å². The normalized spacial score (nSPS) is 11.1. The molecule has 0 unspecified atom stereocenters. The predicted molar refractivity (Wildman–Crippen MR) is 98.8 cm³/mol. The second kappa shape index (κ2) is 7.25. The van der Waals surface area contributed by atoms with Gasteiger partial charge in [0.25, 0.3) is 11.5 Å². The van der Waals surface area contributed by atoms with Crippen molar-refractivity contribution in [3.05, 3.63) is 75.0 Å². The van der Waals surface area contributed by atoms with E-state index >= 15 is 0 Å². The second-order valence-electron chi connectivity index (χ2n) is 6.18. The largest absolute Gasteiger partial charge is 0.329 e. The molecular formula is C19H17ClFN3O2. The molecule has 0 radical (unpaired) electrons. The molecule has 0 saturated heterocycles. The molecule has 0 atom stereocenters. The van der Waals surface area contributed by atoms with Gasteiger partial charge in [-0.25, -0.2) is 9.37 Å². The molecule has 7 heteroatoms. The van der Waals surface area contributed by atoms with Crippen LogP contribution in [0.2, 0.25) is 5.02 Å². The Morgan fingerprint density at radius 2 is 2.00 bits per heavy atom. The molecule has 1 amide bonds. The van der Waals surface area contributed by atoms with Gasteiger partial charge in [-0.05, 0) is 44.2 Å². The van der Waals surface area contributed by atoms with E-state index in [1.54, 1.807) is 24.3 Å². The maximum atomic E-state index is 14.1.